The van der Waals surface area contributed by atoms with Gasteiger partial charge in [-0.15, -0.1) is 0 Å². The second-order valence-corrected chi connectivity index (χ2v) is 8.75. The number of hydrogen-bond donors (Lipinski definition) is 3. The molecule has 0 unspecified atom stereocenters. The average Bonchev–Trinajstić information content (AvgIpc) is 2.82. The minimum atomic E-state index is -1.67. The predicted molar refractivity (Wildman–Crippen MR) is 120 cm³/mol. The Morgan fingerprint density at radius 1 is 1.09 bits per heavy atom. The zero-order chi connectivity index (χ0) is 24.3. The number of aliphatic hydroxyl groups is 1. The van der Waals surface area contributed by atoms with Crippen molar-refractivity contribution in [1.82, 2.24) is 5.32 Å². The summed E-state index contributed by atoms with van der Waals surface area (Å²) in [6, 6.07) is 17.3. The maximum absolute atomic E-state index is 12.4. The summed E-state index contributed by atoms with van der Waals surface area (Å²) in [6.45, 7) is 2.86. The summed E-state index contributed by atoms with van der Waals surface area (Å²) < 4.78 is 23.9. The van der Waals surface area contributed by atoms with Gasteiger partial charge in [0, 0.05) is 18.9 Å². The second-order valence-electron chi connectivity index (χ2n) is 8.75. The molecule has 0 bridgehead atoms. The van der Waals surface area contributed by atoms with E-state index in [0.717, 1.165) is 11.1 Å². The molecule has 182 valence electrons. The molecule has 0 aromatic heterocycles. The standard InChI is InChI=1S/C25H29NO8/c1-15(27)26-19-21(34-25(2,24(29)30)13-16-9-5-3-6-10-16)20-18(32-22(19)28)14-31-23(33-20)17-11-7-4-8-12-17/h3-12,18-23,28H,13-14H2,1-2H3,(H,26,27)(H,29,30)/t18-,19-,20-,21-,22+,23-,25+/m1/s1. The average molecular weight is 472 g/mol. The lowest BCUT2D eigenvalue weighted by atomic mass is 9.91. The van der Waals surface area contributed by atoms with Gasteiger partial charge in [-0.3, -0.25) is 4.79 Å². The topological polar surface area (TPSA) is 124 Å². The van der Waals surface area contributed by atoms with Gasteiger partial charge in [0.1, 0.15) is 24.4 Å². The van der Waals surface area contributed by atoms with E-state index in [2.05, 4.69) is 5.32 Å². The first-order chi connectivity index (χ1) is 16.3. The van der Waals surface area contributed by atoms with Crippen LogP contribution in [0.2, 0.25) is 0 Å². The highest BCUT2D eigenvalue weighted by molar-refractivity contribution is 5.77. The minimum absolute atomic E-state index is 0.0689. The quantitative estimate of drug-likeness (QED) is 0.559. The van der Waals surface area contributed by atoms with Gasteiger partial charge < -0.3 is 34.5 Å². The van der Waals surface area contributed by atoms with Gasteiger partial charge in [-0.25, -0.2) is 4.79 Å². The molecule has 2 heterocycles. The lowest BCUT2D eigenvalue weighted by Crippen LogP contribution is -2.68. The Labute approximate surface area is 197 Å². The maximum Gasteiger partial charge on any atom is 0.336 e. The van der Waals surface area contributed by atoms with Crippen LogP contribution in [0.3, 0.4) is 0 Å². The van der Waals surface area contributed by atoms with Gasteiger partial charge in [0.15, 0.2) is 18.2 Å². The first-order valence-electron chi connectivity index (χ1n) is 11.1. The van der Waals surface area contributed by atoms with E-state index in [1.807, 2.05) is 60.7 Å². The van der Waals surface area contributed by atoms with Crippen LogP contribution in [-0.2, 0) is 35.0 Å². The molecule has 9 nitrogen and oxygen atoms in total. The number of aliphatic hydroxyl groups excluding tert-OH is 1. The number of ether oxygens (including phenoxy) is 4. The molecule has 1 amide bonds. The zero-order valence-corrected chi connectivity index (χ0v) is 19.0. The van der Waals surface area contributed by atoms with E-state index in [4.69, 9.17) is 18.9 Å². The molecule has 2 fully saturated rings. The van der Waals surface area contributed by atoms with Gasteiger partial charge in [0.05, 0.1) is 6.61 Å². The molecule has 2 aliphatic rings. The van der Waals surface area contributed by atoms with Gasteiger partial charge in [-0.1, -0.05) is 60.7 Å². The van der Waals surface area contributed by atoms with Crippen LogP contribution in [-0.4, -0.2) is 64.9 Å². The van der Waals surface area contributed by atoms with Crippen LogP contribution >= 0.6 is 0 Å². The summed E-state index contributed by atoms with van der Waals surface area (Å²) in [7, 11) is 0. The van der Waals surface area contributed by atoms with Crippen LogP contribution in [0.5, 0.6) is 0 Å². The Hall–Kier alpha value is -2.82. The van der Waals surface area contributed by atoms with Crippen molar-refractivity contribution < 1.29 is 38.7 Å². The van der Waals surface area contributed by atoms with Crippen molar-refractivity contribution in [2.45, 2.75) is 62.8 Å². The van der Waals surface area contributed by atoms with E-state index in [1.54, 1.807) is 0 Å². The SMILES string of the molecule is CC(=O)N[C@@H]1[C@@H](O[C@@](C)(Cc2ccccc2)C(=O)O)[C@@H]2O[C@H](c3ccccc3)OC[C@H]2O[C@@H]1O. The van der Waals surface area contributed by atoms with Gasteiger partial charge >= 0.3 is 5.97 Å². The minimum Gasteiger partial charge on any atom is -0.479 e. The fraction of sp³-hybridized carbons (Fsp3) is 0.440. The van der Waals surface area contributed by atoms with Gasteiger partial charge in [-0.05, 0) is 12.5 Å². The summed E-state index contributed by atoms with van der Waals surface area (Å²) in [5.41, 5.74) is -0.135. The molecule has 3 N–H and O–H groups in total. The molecule has 0 spiro atoms. The van der Waals surface area contributed by atoms with Crippen LogP contribution in [0.1, 0.15) is 31.3 Å². The molecule has 9 heteroatoms. The van der Waals surface area contributed by atoms with Crippen molar-refractivity contribution in [3.8, 4) is 0 Å². The molecule has 34 heavy (non-hydrogen) atoms. The fourth-order valence-electron chi connectivity index (χ4n) is 4.35. The highest BCUT2D eigenvalue weighted by Crippen LogP contribution is 2.37. The number of nitrogens with one attached hydrogen (secondary N) is 1. The van der Waals surface area contributed by atoms with Crippen LogP contribution in [0, 0.1) is 0 Å². The number of carbonyl (C=O) groups is 2. The molecular weight excluding hydrogens is 442 g/mol. The Balaban J connectivity index is 1.66. The number of fused-ring (bicyclic) bond motifs is 1. The third-order valence-electron chi connectivity index (χ3n) is 6.03. The highest BCUT2D eigenvalue weighted by atomic mass is 16.7. The number of aliphatic carboxylic acids is 1. The summed E-state index contributed by atoms with van der Waals surface area (Å²) in [4.78, 5) is 24.3. The Kier molecular flexibility index (Phi) is 7.30. The molecule has 2 aliphatic heterocycles. The predicted octanol–water partition coefficient (Wildman–Crippen LogP) is 1.79. The molecule has 0 saturated carbocycles. The summed E-state index contributed by atoms with van der Waals surface area (Å²) in [6.07, 6.45) is -4.67. The van der Waals surface area contributed by atoms with Crippen molar-refractivity contribution in [2.75, 3.05) is 6.61 Å². The van der Waals surface area contributed by atoms with Gasteiger partial charge in [-0.2, -0.15) is 0 Å². The smallest absolute Gasteiger partial charge is 0.336 e. The third kappa shape index (κ3) is 5.29. The molecule has 2 saturated heterocycles. The molecule has 0 radical (unpaired) electrons. The summed E-state index contributed by atoms with van der Waals surface area (Å²) >= 11 is 0. The van der Waals surface area contributed by atoms with Gasteiger partial charge in [0.2, 0.25) is 5.91 Å². The molecular formula is C25H29NO8. The molecule has 0 aliphatic carbocycles. The second kappa shape index (κ2) is 10.2. The van der Waals surface area contributed by atoms with Crippen LogP contribution in [0.25, 0.3) is 0 Å². The van der Waals surface area contributed by atoms with Crippen molar-refractivity contribution in [1.29, 1.82) is 0 Å². The lowest BCUT2D eigenvalue weighted by Gasteiger charge is -2.49. The molecule has 4 rings (SSSR count). The lowest BCUT2D eigenvalue weighted by molar-refractivity contribution is -0.349. The number of carboxylic acids is 1. The third-order valence-corrected chi connectivity index (χ3v) is 6.03. The number of amides is 1. The van der Waals surface area contributed by atoms with E-state index in [-0.39, 0.29) is 13.0 Å². The highest BCUT2D eigenvalue weighted by Gasteiger charge is 2.53. The Morgan fingerprint density at radius 3 is 2.35 bits per heavy atom. The van der Waals surface area contributed by atoms with E-state index >= 15 is 0 Å². The van der Waals surface area contributed by atoms with E-state index < -0.39 is 54.4 Å². The normalized spacial score (nSPS) is 30.6. The van der Waals surface area contributed by atoms with Crippen LogP contribution in [0.4, 0.5) is 0 Å². The molecule has 2 aromatic rings. The number of hydrogen-bond acceptors (Lipinski definition) is 7. The number of benzene rings is 2. The van der Waals surface area contributed by atoms with Gasteiger partial charge in [0.25, 0.3) is 0 Å². The molecule has 2 aromatic carbocycles. The molecule has 7 atom stereocenters. The van der Waals surface area contributed by atoms with Crippen molar-refractivity contribution in [3.63, 3.8) is 0 Å². The van der Waals surface area contributed by atoms with E-state index in [0.29, 0.717) is 0 Å². The van der Waals surface area contributed by atoms with Crippen molar-refractivity contribution >= 4 is 11.9 Å². The van der Waals surface area contributed by atoms with E-state index in [1.165, 1.54) is 13.8 Å². The fourth-order valence-corrected chi connectivity index (χ4v) is 4.35. The summed E-state index contributed by atoms with van der Waals surface area (Å²) in [5.74, 6) is -1.60. The monoisotopic (exact) mass is 471 g/mol. The van der Waals surface area contributed by atoms with Crippen LogP contribution < -0.4 is 5.32 Å². The first kappa shape index (κ1) is 24.3. The van der Waals surface area contributed by atoms with E-state index in [9.17, 15) is 19.8 Å². The Bertz CT molecular complexity index is 987. The first-order valence-corrected chi connectivity index (χ1v) is 11.1. The van der Waals surface area contributed by atoms with Crippen LogP contribution in [0.15, 0.2) is 60.7 Å². The van der Waals surface area contributed by atoms with Crippen molar-refractivity contribution in [3.05, 3.63) is 71.8 Å². The largest absolute Gasteiger partial charge is 0.479 e. The van der Waals surface area contributed by atoms with Crippen molar-refractivity contribution in [2.24, 2.45) is 0 Å². The zero-order valence-electron chi connectivity index (χ0n) is 19.0. The number of carbonyl (C=O) groups excluding carboxylic acids is 1. The summed E-state index contributed by atoms with van der Waals surface area (Å²) in [5, 5.41) is 23.4. The Morgan fingerprint density at radius 2 is 1.74 bits per heavy atom. The number of carboxylic acid groups (broad SMARTS) is 1. The maximum atomic E-state index is 12.4. The number of rotatable bonds is 7.